The Labute approximate surface area is 170 Å². The van der Waals surface area contributed by atoms with E-state index in [1.165, 1.54) is 7.11 Å². The zero-order valence-corrected chi connectivity index (χ0v) is 16.6. The fourth-order valence-electron chi connectivity index (χ4n) is 3.42. The van der Waals surface area contributed by atoms with Crippen LogP contribution in [0.25, 0.3) is 0 Å². The molecule has 3 aromatic carbocycles. The maximum Gasteiger partial charge on any atom is 0.337 e. The first kappa shape index (κ1) is 20.3. The summed E-state index contributed by atoms with van der Waals surface area (Å²) in [7, 11) is 3.36. The number of benzene rings is 3. The summed E-state index contributed by atoms with van der Waals surface area (Å²) >= 11 is 0. The van der Waals surface area contributed by atoms with Crippen LogP contribution in [-0.4, -0.2) is 32.6 Å². The lowest BCUT2D eigenvalue weighted by atomic mass is 9.97. The van der Waals surface area contributed by atoms with E-state index in [1.807, 2.05) is 43.4 Å². The fraction of sp³-hybridized carbons (Fsp3) is 0.167. The number of hydrogen-bond acceptors (Lipinski definition) is 3. The number of likely N-dealkylation sites (N-methyl/N-ethyl adjacent to an activating group) is 1. The maximum absolute atomic E-state index is 12.6. The van der Waals surface area contributed by atoms with Crippen LogP contribution in [0.5, 0.6) is 0 Å². The van der Waals surface area contributed by atoms with E-state index in [0.29, 0.717) is 17.8 Å². The second-order valence-corrected chi connectivity index (χ2v) is 6.89. The Balaban J connectivity index is 1.71. The molecular formula is C24H25N2O3+. The Morgan fingerprint density at radius 2 is 1.38 bits per heavy atom. The Kier molecular flexibility index (Phi) is 6.76. The first-order chi connectivity index (χ1) is 14.1. The summed E-state index contributed by atoms with van der Waals surface area (Å²) in [5, 5.41) is 2.90. The van der Waals surface area contributed by atoms with Gasteiger partial charge in [-0.1, -0.05) is 60.7 Å². The average Bonchev–Trinajstić information content (AvgIpc) is 2.75. The molecule has 0 fully saturated rings. The third kappa shape index (κ3) is 5.30. The summed E-state index contributed by atoms with van der Waals surface area (Å²) in [5.74, 6) is -0.495. The van der Waals surface area contributed by atoms with Crippen LogP contribution >= 0.6 is 0 Å². The van der Waals surface area contributed by atoms with Gasteiger partial charge in [0.05, 0.1) is 19.7 Å². The number of amides is 1. The van der Waals surface area contributed by atoms with E-state index in [2.05, 4.69) is 29.6 Å². The van der Waals surface area contributed by atoms with Gasteiger partial charge < -0.3 is 15.0 Å². The minimum Gasteiger partial charge on any atom is -0.465 e. The zero-order chi connectivity index (χ0) is 20.6. The Bertz CT molecular complexity index is 901. The molecule has 2 N–H and O–H groups in total. The molecule has 1 atom stereocenters. The topological polar surface area (TPSA) is 59.8 Å². The summed E-state index contributed by atoms with van der Waals surface area (Å²) in [6, 6.07) is 27.1. The molecule has 0 heterocycles. The third-order valence-electron chi connectivity index (χ3n) is 4.79. The third-order valence-corrected chi connectivity index (χ3v) is 4.79. The summed E-state index contributed by atoms with van der Waals surface area (Å²) in [6.45, 7) is 0.299. The van der Waals surface area contributed by atoms with E-state index in [9.17, 15) is 9.59 Å². The molecule has 0 saturated heterocycles. The number of anilines is 1. The van der Waals surface area contributed by atoms with Gasteiger partial charge in [0.15, 0.2) is 6.54 Å². The van der Waals surface area contributed by atoms with Crippen molar-refractivity contribution in [3.8, 4) is 0 Å². The number of rotatable bonds is 7. The number of carbonyl (C=O) groups excluding carboxylic acids is 2. The van der Waals surface area contributed by atoms with Crippen molar-refractivity contribution in [3.63, 3.8) is 0 Å². The molecule has 0 aromatic heterocycles. The highest BCUT2D eigenvalue weighted by Crippen LogP contribution is 2.18. The lowest BCUT2D eigenvalue weighted by Crippen LogP contribution is -3.10. The van der Waals surface area contributed by atoms with E-state index in [4.69, 9.17) is 4.74 Å². The average molecular weight is 389 g/mol. The molecule has 0 aliphatic rings. The molecule has 5 nitrogen and oxygen atoms in total. The van der Waals surface area contributed by atoms with Crippen molar-refractivity contribution in [2.24, 2.45) is 0 Å². The Morgan fingerprint density at radius 1 is 0.862 bits per heavy atom. The van der Waals surface area contributed by atoms with Gasteiger partial charge in [0.25, 0.3) is 5.91 Å². The molecule has 148 valence electrons. The summed E-state index contributed by atoms with van der Waals surface area (Å²) in [5.41, 5.74) is 3.41. The summed E-state index contributed by atoms with van der Waals surface area (Å²) in [6.07, 6.45) is 0. The molecule has 1 amide bonds. The van der Waals surface area contributed by atoms with Crippen molar-refractivity contribution in [2.75, 3.05) is 26.0 Å². The van der Waals surface area contributed by atoms with Gasteiger partial charge in [-0.3, -0.25) is 4.79 Å². The number of quaternary nitrogens is 1. The number of nitrogens with one attached hydrogen (secondary N) is 2. The molecular weight excluding hydrogens is 364 g/mol. The molecule has 0 bridgehead atoms. The van der Waals surface area contributed by atoms with E-state index in [0.717, 1.165) is 16.0 Å². The van der Waals surface area contributed by atoms with Crippen LogP contribution in [0.1, 0.15) is 27.5 Å². The highest BCUT2D eigenvalue weighted by atomic mass is 16.5. The Hall–Kier alpha value is -3.44. The standard InChI is InChI=1S/C24H24N2O3/c1-26(17-22(27)25-21-15-13-20(14-16-21)24(28)29-2)23(18-9-5-3-6-10-18)19-11-7-4-8-12-19/h3-16,23H,17H2,1-2H3,(H,25,27)/p+1. The molecule has 5 heteroatoms. The van der Waals surface area contributed by atoms with Crippen molar-refractivity contribution in [1.29, 1.82) is 0 Å². The normalized spacial score (nSPS) is 11.7. The van der Waals surface area contributed by atoms with Crippen molar-refractivity contribution >= 4 is 17.6 Å². The van der Waals surface area contributed by atoms with Gasteiger partial charge in [0, 0.05) is 16.8 Å². The maximum atomic E-state index is 12.6. The lowest BCUT2D eigenvalue weighted by molar-refractivity contribution is -0.897. The van der Waals surface area contributed by atoms with Gasteiger partial charge in [-0.2, -0.15) is 0 Å². The van der Waals surface area contributed by atoms with E-state index in [1.54, 1.807) is 24.3 Å². The van der Waals surface area contributed by atoms with Crippen LogP contribution in [0.15, 0.2) is 84.9 Å². The second-order valence-electron chi connectivity index (χ2n) is 6.89. The highest BCUT2D eigenvalue weighted by Gasteiger charge is 2.24. The number of carbonyl (C=O) groups is 2. The van der Waals surface area contributed by atoms with Crippen LogP contribution < -0.4 is 10.2 Å². The quantitative estimate of drug-likeness (QED) is 0.611. The summed E-state index contributed by atoms with van der Waals surface area (Å²) < 4.78 is 4.69. The van der Waals surface area contributed by atoms with Crippen molar-refractivity contribution in [2.45, 2.75) is 6.04 Å². The predicted octanol–water partition coefficient (Wildman–Crippen LogP) is 2.72. The van der Waals surface area contributed by atoms with Gasteiger partial charge >= 0.3 is 5.97 Å². The van der Waals surface area contributed by atoms with Crippen molar-refractivity contribution in [1.82, 2.24) is 0 Å². The minimum atomic E-state index is -0.402. The zero-order valence-electron chi connectivity index (χ0n) is 16.6. The monoisotopic (exact) mass is 389 g/mol. The van der Waals surface area contributed by atoms with Crippen LogP contribution in [-0.2, 0) is 9.53 Å². The fourth-order valence-corrected chi connectivity index (χ4v) is 3.42. The largest absolute Gasteiger partial charge is 0.465 e. The predicted molar refractivity (Wildman–Crippen MR) is 113 cm³/mol. The minimum absolute atomic E-state index is 0.0462. The first-order valence-electron chi connectivity index (χ1n) is 9.49. The van der Waals surface area contributed by atoms with Crippen LogP contribution in [0.2, 0.25) is 0 Å². The highest BCUT2D eigenvalue weighted by molar-refractivity contribution is 5.93. The summed E-state index contributed by atoms with van der Waals surface area (Å²) in [4.78, 5) is 25.2. The molecule has 3 rings (SSSR count). The molecule has 29 heavy (non-hydrogen) atoms. The van der Waals surface area contributed by atoms with Gasteiger partial charge in [0.1, 0.15) is 6.04 Å². The van der Waals surface area contributed by atoms with Crippen LogP contribution in [0.3, 0.4) is 0 Å². The van der Waals surface area contributed by atoms with E-state index in [-0.39, 0.29) is 11.9 Å². The smallest absolute Gasteiger partial charge is 0.337 e. The number of ether oxygens (including phenoxy) is 1. The van der Waals surface area contributed by atoms with Gasteiger partial charge in [-0.25, -0.2) is 4.79 Å². The van der Waals surface area contributed by atoms with Gasteiger partial charge in [-0.05, 0) is 24.3 Å². The molecule has 0 spiro atoms. The van der Waals surface area contributed by atoms with Gasteiger partial charge in [0.2, 0.25) is 0 Å². The van der Waals surface area contributed by atoms with Gasteiger partial charge in [-0.15, -0.1) is 0 Å². The Morgan fingerprint density at radius 3 is 1.86 bits per heavy atom. The number of esters is 1. The molecule has 0 saturated carbocycles. The molecule has 0 aliphatic carbocycles. The van der Waals surface area contributed by atoms with Crippen molar-refractivity contribution in [3.05, 3.63) is 102 Å². The number of hydrogen-bond donors (Lipinski definition) is 2. The molecule has 0 aliphatic heterocycles. The lowest BCUT2D eigenvalue weighted by Gasteiger charge is -2.25. The first-order valence-corrected chi connectivity index (χ1v) is 9.49. The molecule has 1 unspecified atom stereocenters. The second kappa shape index (κ2) is 9.66. The van der Waals surface area contributed by atoms with Crippen molar-refractivity contribution < 1.29 is 19.2 Å². The van der Waals surface area contributed by atoms with Crippen LogP contribution in [0, 0.1) is 0 Å². The van der Waals surface area contributed by atoms with E-state index < -0.39 is 5.97 Å². The molecule has 0 radical (unpaired) electrons. The SMILES string of the molecule is COC(=O)c1ccc(NC(=O)C[NH+](C)C(c2ccccc2)c2ccccc2)cc1. The molecule has 3 aromatic rings. The van der Waals surface area contributed by atoms with Crippen LogP contribution in [0.4, 0.5) is 5.69 Å². The number of methoxy groups -OCH3 is 1. The van der Waals surface area contributed by atoms with E-state index >= 15 is 0 Å².